The van der Waals surface area contributed by atoms with Gasteiger partial charge in [0, 0.05) is 51.8 Å². The first-order valence-corrected chi connectivity index (χ1v) is 17.0. The lowest BCUT2D eigenvalue weighted by Gasteiger charge is -2.60. The SMILES string of the molecule is CN1CCN(NC(N)=O)CC1.C[C@H](CO)CC/C=C1\O[C@H]2CC3[C@@H]4CC[C@@H]5CCCC[C@]5(C)C4CC[C@]3(C)C2[C@@H]1C.[HH].[HH].[HH].[HH].[HH]. The topological polar surface area (TPSA) is 91.1 Å². The Hall–Kier alpha value is -1.31. The molecule has 0 spiro atoms. The number of ether oxygens (including phenoxy) is 1. The zero-order valence-corrected chi connectivity index (χ0v) is 26.7. The van der Waals surface area contributed by atoms with Crippen molar-refractivity contribution in [2.75, 3.05) is 39.8 Å². The van der Waals surface area contributed by atoms with Crippen molar-refractivity contribution in [1.29, 1.82) is 0 Å². The number of hydrogen-bond acceptors (Lipinski definition) is 5. The maximum Gasteiger partial charge on any atom is 0.326 e. The van der Waals surface area contributed by atoms with Crippen molar-refractivity contribution in [3.05, 3.63) is 11.8 Å². The van der Waals surface area contributed by atoms with Crippen LogP contribution in [0, 0.1) is 52.3 Å². The number of aliphatic hydroxyl groups excluding tert-OH is 1. The van der Waals surface area contributed by atoms with Crippen LogP contribution in [0.1, 0.15) is 105 Å². The molecule has 0 bridgehead atoms. The summed E-state index contributed by atoms with van der Waals surface area (Å²) in [7, 11) is 2.06. The van der Waals surface area contributed by atoms with Gasteiger partial charge in [-0.2, -0.15) is 0 Å². The molecule has 10 atom stereocenters. The van der Waals surface area contributed by atoms with Gasteiger partial charge in [-0.05, 0) is 111 Å². The number of rotatable bonds is 5. The Labute approximate surface area is 257 Å². The largest absolute Gasteiger partial charge is 0.494 e. The third-order valence-electron chi connectivity index (χ3n) is 13.0. The number of aliphatic hydroxyl groups is 1. The Balaban J connectivity index is 0.00000110. The molecule has 7 nitrogen and oxygen atoms in total. The average molecular weight is 583 g/mol. The third kappa shape index (κ3) is 6.20. The predicted octanol–water partition coefficient (Wildman–Crippen LogP) is 7.02. The quantitative estimate of drug-likeness (QED) is 0.324. The van der Waals surface area contributed by atoms with Crippen LogP contribution in [0.25, 0.3) is 0 Å². The van der Waals surface area contributed by atoms with Crippen LogP contribution in [0.15, 0.2) is 11.8 Å². The molecule has 6 fully saturated rings. The van der Waals surface area contributed by atoms with E-state index in [1.165, 1.54) is 63.5 Å². The second-order valence-corrected chi connectivity index (χ2v) is 15.4. The molecule has 244 valence electrons. The lowest BCUT2D eigenvalue weighted by molar-refractivity contribution is -0.112. The van der Waals surface area contributed by atoms with Gasteiger partial charge in [-0.3, -0.25) is 5.43 Å². The van der Waals surface area contributed by atoms with Gasteiger partial charge in [0.05, 0.1) is 5.76 Å². The highest BCUT2D eigenvalue weighted by Gasteiger charge is 2.65. The highest BCUT2D eigenvalue weighted by Crippen LogP contribution is 2.70. The molecule has 0 aromatic rings. The van der Waals surface area contributed by atoms with Crippen molar-refractivity contribution >= 4 is 6.03 Å². The minimum Gasteiger partial charge on any atom is -0.494 e. The first-order valence-electron chi connectivity index (χ1n) is 17.0. The highest BCUT2D eigenvalue weighted by molar-refractivity contribution is 5.70. The van der Waals surface area contributed by atoms with Gasteiger partial charge in [0.25, 0.3) is 0 Å². The number of amides is 2. The molecule has 0 aromatic carbocycles. The number of urea groups is 1. The van der Waals surface area contributed by atoms with E-state index in [-0.39, 0.29) is 7.13 Å². The average Bonchev–Trinajstić information content (AvgIpc) is 3.42. The third-order valence-corrected chi connectivity index (χ3v) is 13.0. The maximum absolute atomic E-state index is 10.4. The van der Waals surface area contributed by atoms with Crippen LogP contribution >= 0.6 is 0 Å². The zero-order valence-electron chi connectivity index (χ0n) is 26.7. The van der Waals surface area contributed by atoms with Crippen LogP contribution in [0.4, 0.5) is 4.79 Å². The van der Waals surface area contributed by atoms with Gasteiger partial charge >= 0.3 is 6.03 Å². The second kappa shape index (κ2) is 12.7. The summed E-state index contributed by atoms with van der Waals surface area (Å²) in [5, 5.41) is 11.1. The number of carbonyl (C=O) groups excluding carboxylic acids is 1. The van der Waals surface area contributed by atoms with Crippen LogP contribution in [0.2, 0.25) is 0 Å². The molecule has 2 aliphatic heterocycles. The van der Waals surface area contributed by atoms with Crippen molar-refractivity contribution in [1.82, 2.24) is 15.3 Å². The van der Waals surface area contributed by atoms with E-state index in [0.29, 0.717) is 35.4 Å². The summed E-state index contributed by atoms with van der Waals surface area (Å²) in [6.45, 7) is 13.9. The fraction of sp³-hybridized carbons (Fsp3) is 0.912. The fourth-order valence-electron chi connectivity index (χ4n) is 10.7. The normalized spacial score (nSPS) is 44.0. The van der Waals surface area contributed by atoms with E-state index in [0.717, 1.165) is 68.6 Å². The number of piperazine rings is 1. The Morgan fingerprint density at radius 3 is 2.59 bits per heavy atom. The molecule has 3 unspecified atom stereocenters. The molecule has 4 saturated carbocycles. The van der Waals surface area contributed by atoms with Crippen molar-refractivity contribution < 1.29 is 21.8 Å². The summed E-state index contributed by atoms with van der Waals surface area (Å²) in [5.74, 6) is 6.83. The van der Waals surface area contributed by atoms with E-state index in [4.69, 9.17) is 10.5 Å². The Morgan fingerprint density at radius 1 is 1.12 bits per heavy atom. The maximum atomic E-state index is 10.4. The lowest BCUT2D eigenvalue weighted by atomic mass is 9.44. The molecule has 2 saturated heterocycles. The van der Waals surface area contributed by atoms with Crippen molar-refractivity contribution in [2.24, 2.45) is 58.0 Å². The van der Waals surface area contributed by atoms with Gasteiger partial charge in [-0.1, -0.05) is 40.5 Å². The smallest absolute Gasteiger partial charge is 0.326 e. The van der Waals surface area contributed by atoms with Crippen LogP contribution in [0.5, 0.6) is 0 Å². The highest BCUT2D eigenvalue weighted by atomic mass is 16.5. The molecule has 0 aromatic heterocycles. The molecule has 6 rings (SSSR count). The summed E-state index contributed by atoms with van der Waals surface area (Å²) in [5.41, 5.74) is 8.62. The molecule has 4 N–H and O–H groups in total. The minimum absolute atomic E-state index is 0. The van der Waals surface area contributed by atoms with Crippen LogP contribution in [-0.2, 0) is 4.74 Å². The van der Waals surface area contributed by atoms with Crippen LogP contribution in [0.3, 0.4) is 0 Å². The Bertz CT molecular complexity index is 958. The summed E-state index contributed by atoms with van der Waals surface area (Å²) in [6.07, 6.45) is 18.2. The lowest BCUT2D eigenvalue weighted by Crippen LogP contribution is -2.53. The number of fused-ring (bicyclic) bond motifs is 7. The summed E-state index contributed by atoms with van der Waals surface area (Å²) < 4.78 is 6.68. The number of allylic oxidation sites excluding steroid dienone is 2. The monoisotopic (exact) mass is 583 g/mol. The number of hydrazine groups is 1. The number of nitrogens with two attached hydrogens (primary N) is 1. The number of primary amides is 1. The minimum atomic E-state index is -0.477. The second-order valence-electron chi connectivity index (χ2n) is 15.4. The van der Waals surface area contributed by atoms with Gasteiger partial charge in [-0.15, -0.1) is 0 Å². The van der Waals surface area contributed by atoms with Gasteiger partial charge in [0.1, 0.15) is 6.10 Å². The first kappa shape index (κ1) is 31.1. The molecule has 7 heteroatoms. The van der Waals surface area contributed by atoms with Gasteiger partial charge < -0.3 is 20.5 Å². The van der Waals surface area contributed by atoms with E-state index >= 15 is 0 Å². The van der Waals surface area contributed by atoms with E-state index in [9.17, 15) is 9.90 Å². The first-order chi connectivity index (χ1) is 19.6. The summed E-state index contributed by atoms with van der Waals surface area (Å²) >= 11 is 0. The number of hydrogen-bond donors (Lipinski definition) is 3. The van der Waals surface area contributed by atoms with Crippen LogP contribution in [-0.4, -0.2) is 67.0 Å². The van der Waals surface area contributed by atoms with Crippen LogP contribution < -0.4 is 11.2 Å². The Kier molecular flexibility index (Phi) is 9.67. The fourth-order valence-corrected chi connectivity index (χ4v) is 10.7. The van der Waals surface area contributed by atoms with E-state index < -0.39 is 6.03 Å². The van der Waals surface area contributed by atoms with E-state index in [1.807, 2.05) is 5.01 Å². The van der Waals surface area contributed by atoms with Gasteiger partial charge in [0.2, 0.25) is 0 Å². The van der Waals surface area contributed by atoms with Gasteiger partial charge in [0.15, 0.2) is 0 Å². The number of nitrogens with one attached hydrogen (secondary N) is 1. The Morgan fingerprint density at radius 2 is 1.88 bits per heavy atom. The molecule has 41 heavy (non-hydrogen) atoms. The van der Waals surface area contributed by atoms with Gasteiger partial charge in [-0.25, -0.2) is 9.80 Å². The summed E-state index contributed by atoms with van der Waals surface area (Å²) in [6, 6.07) is -0.477. The molecule has 0 radical (unpaired) electrons. The molecule has 2 heterocycles. The zero-order chi connectivity index (χ0) is 29.4. The standard InChI is InChI=1S/C28H46O2.C6H14N4O.5H2/c1-18(17-29)8-7-10-24-19(2)26-25(30-24)16-23-21-12-11-20-9-5-6-14-27(20,3)22(21)13-15-28(23,26)4;1-9-2-4-10(5-3-9)8-6(7)11;;;;;/h10,18-23,25-26,29H,5-9,11-17H2,1-4H3;2-5H2,1H3,(H3,7,8,11);5*1H/b24-10-;;;;;;/t18-,19+,20-,21+,22?,23?,25-,26?,27-,28-;;;;;;/m0....../s1. The molecule has 4 aliphatic carbocycles. The summed E-state index contributed by atoms with van der Waals surface area (Å²) in [4.78, 5) is 12.6. The number of likely N-dealkylation sites (N-methyl/N-ethyl adjacent to an activating group) is 1. The molecule has 2 amide bonds. The van der Waals surface area contributed by atoms with Crippen molar-refractivity contribution in [3.8, 4) is 0 Å². The van der Waals surface area contributed by atoms with E-state index in [2.05, 4.69) is 51.1 Å². The molecular formula is C34H70N4O3. The van der Waals surface area contributed by atoms with Crippen molar-refractivity contribution in [3.63, 3.8) is 0 Å². The molecular weight excluding hydrogens is 512 g/mol. The predicted molar refractivity (Wildman–Crippen MR) is 175 cm³/mol. The number of nitrogens with zero attached hydrogens (tertiary/aromatic N) is 2. The molecule has 6 aliphatic rings. The number of carbonyl (C=O) groups is 1. The van der Waals surface area contributed by atoms with E-state index in [1.54, 1.807) is 0 Å². The van der Waals surface area contributed by atoms with Crippen molar-refractivity contribution in [2.45, 2.75) is 104 Å².